The molecule has 5 nitrogen and oxygen atoms in total. The molecule has 2 aromatic rings. The van der Waals surface area contributed by atoms with Gasteiger partial charge in [0, 0.05) is 5.92 Å². The molecule has 0 aromatic heterocycles. The Balaban J connectivity index is 1.92. The predicted molar refractivity (Wildman–Crippen MR) is 94.5 cm³/mol. The van der Waals surface area contributed by atoms with Crippen LogP contribution in [0.3, 0.4) is 0 Å². The first kappa shape index (κ1) is 17.4. The number of benzene rings is 2. The molecule has 0 saturated carbocycles. The summed E-state index contributed by atoms with van der Waals surface area (Å²) in [7, 11) is 3.08. The monoisotopic (exact) mass is 344 g/mol. The number of rotatable bonds is 4. The van der Waals surface area contributed by atoms with Crippen LogP contribution >= 0.6 is 0 Å². The lowest BCUT2D eigenvalue weighted by atomic mass is 9.81. The molecule has 4 unspecified atom stereocenters. The van der Waals surface area contributed by atoms with Crippen molar-refractivity contribution in [1.82, 2.24) is 0 Å². The number of hydrogen-bond donors (Lipinski definition) is 2. The van der Waals surface area contributed by atoms with Crippen LogP contribution in [-0.4, -0.2) is 30.5 Å². The van der Waals surface area contributed by atoms with E-state index in [1.54, 1.807) is 19.2 Å². The van der Waals surface area contributed by atoms with Crippen LogP contribution in [0.1, 0.15) is 37.0 Å². The average Bonchev–Trinajstić information content (AvgIpc) is 2.90. The Morgan fingerprint density at radius 2 is 1.36 bits per heavy atom. The van der Waals surface area contributed by atoms with Crippen LogP contribution in [0.5, 0.6) is 23.0 Å². The van der Waals surface area contributed by atoms with Crippen molar-refractivity contribution < 1.29 is 24.4 Å². The Bertz CT molecular complexity index is 758. The number of phenolic OH excluding ortho intramolecular Hbond substituents is 2. The fourth-order valence-electron chi connectivity index (χ4n) is 3.79. The lowest BCUT2D eigenvalue weighted by Crippen LogP contribution is -2.14. The van der Waals surface area contributed by atoms with Crippen LogP contribution in [0.2, 0.25) is 0 Å². The molecule has 1 aliphatic rings. The first-order chi connectivity index (χ1) is 12.0. The van der Waals surface area contributed by atoms with Gasteiger partial charge in [-0.3, -0.25) is 0 Å². The number of hydrogen-bond acceptors (Lipinski definition) is 5. The van der Waals surface area contributed by atoms with E-state index in [-0.39, 0.29) is 35.5 Å². The van der Waals surface area contributed by atoms with Crippen molar-refractivity contribution in [3.05, 3.63) is 47.5 Å². The molecule has 0 amide bonds. The predicted octanol–water partition coefficient (Wildman–Crippen LogP) is 3.99. The summed E-state index contributed by atoms with van der Waals surface area (Å²) in [5.41, 5.74) is 2.05. The van der Waals surface area contributed by atoms with Gasteiger partial charge in [0.25, 0.3) is 0 Å². The van der Waals surface area contributed by atoms with E-state index in [1.807, 2.05) is 24.3 Å². The van der Waals surface area contributed by atoms with Gasteiger partial charge in [-0.05, 0) is 48.2 Å². The summed E-state index contributed by atoms with van der Waals surface area (Å²) in [6.07, 6.45) is -0.0941. The third-order valence-electron chi connectivity index (χ3n) is 5.03. The quantitative estimate of drug-likeness (QED) is 0.877. The van der Waals surface area contributed by atoms with E-state index >= 15 is 0 Å². The molecule has 2 N–H and O–H groups in total. The summed E-state index contributed by atoms with van der Waals surface area (Å²) in [4.78, 5) is 0. The second kappa shape index (κ2) is 6.84. The van der Waals surface area contributed by atoms with Gasteiger partial charge in [0.05, 0.1) is 26.4 Å². The first-order valence-corrected chi connectivity index (χ1v) is 8.35. The zero-order valence-corrected chi connectivity index (χ0v) is 14.9. The van der Waals surface area contributed by atoms with Crippen molar-refractivity contribution in [1.29, 1.82) is 0 Å². The standard InChI is InChI=1S/C20H24O5/c1-11-19(13-5-7-15(21)17(9-13)23-3)12(2)25-20(11)14-6-8-16(22)18(10-14)24-4/h5-12,19-22H,1-4H3. The molecule has 4 atom stereocenters. The van der Waals surface area contributed by atoms with Gasteiger partial charge in [0.1, 0.15) is 0 Å². The van der Waals surface area contributed by atoms with Crippen molar-refractivity contribution in [3.8, 4) is 23.0 Å². The Kier molecular flexibility index (Phi) is 4.77. The topological polar surface area (TPSA) is 68.2 Å². The van der Waals surface area contributed by atoms with Gasteiger partial charge in [0.15, 0.2) is 23.0 Å². The molecule has 0 aliphatic carbocycles. The van der Waals surface area contributed by atoms with Crippen LogP contribution in [0, 0.1) is 5.92 Å². The highest BCUT2D eigenvalue weighted by molar-refractivity contribution is 5.45. The summed E-state index contributed by atoms with van der Waals surface area (Å²) < 4.78 is 16.7. The molecule has 0 bridgehead atoms. The second-order valence-electron chi connectivity index (χ2n) is 6.51. The van der Waals surface area contributed by atoms with Crippen molar-refractivity contribution in [2.45, 2.75) is 32.0 Å². The third kappa shape index (κ3) is 3.12. The first-order valence-electron chi connectivity index (χ1n) is 8.35. The smallest absolute Gasteiger partial charge is 0.160 e. The van der Waals surface area contributed by atoms with Crippen LogP contribution in [-0.2, 0) is 4.74 Å². The zero-order chi connectivity index (χ0) is 18.1. The number of phenols is 2. The van der Waals surface area contributed by atoms with Crippen LogP contribution in [0.25, 0.3) is 0 Å². The highest BCUT2D eigenvalue weighted by Crippen LogP contribution is 2.49. The molecule has 2 aromatic carbocycles. The molecule has 1 heterocycles. The molecule has 1 saturated heterocycles. The van der Waals surface area contributed by atoms with Gasteiger partial charge >= 0.3 is 0 Å². The number of aromatic hydroxyl groups is 2. The summed E-state index contributed by atoms with van der Waals surface area (Å²) in [5.74, 6) is 1.52. The van der Waals surface area contributed by atoms with Crippen molar-refractivity contribution >= 4 is 0 Å². The number of ether oxygens (including phenoxy) is 3. The van der Waals surface area contributed by atoms with E-state index < -0.39 is 0 Å². The molecular weight excluding hydrogens is 320 g/mol. The summed E-state index contributed by atoms with van der Waals surface area (Å²) in [5, 5.41) is 19.6. The maximum Gasteiger partial charge on any atom is 0.160 e. The van der Waals surface area contributed by atoms with Crippen molar-refractivity contribution in [2.75, 3.05) is 14.2 Å². The van der Waals surface area contributed by atoms with E-state index in [0.717, 1.165) is 11.1 Å². The van der Waals surface area contributed by atoms with E-state index in [4.69, 9.17) is 14.2 Å². The fraction of sp³-hybridized carbons (Fsp3) is 0.400. The molecule has 5 heteroatoms. The van der Waals surface area contributed by atoms with Gasteiger partial charge in [-0.1, -0.05) is 19.1 Å². The minimum absolute atomic E-state index is 0.00838. The van der Waals surface area contributed by atoms with Gasteiger partial charge in [-0.2, -0.15) is 0 Å². The maximum atomic E-state index is 9.83. The summed E-state index contributed by atoms with van der Waals surface area (Å²) >= 11 is 0. The SMILES string of the molecule is COc1cc(C2OC(C)C(c3ccc(O)c(OC)c3)C2C)ccc1O. The molecule has 0 radical (unpaired) electrons. The molecule has 0 spiro atoms. The minimum atomic E-state index is -0.103. The number of methoxy groups -OCH3 is 2. The lowest BCUT2D eigenvalue weighted by Gasteiger charge is -2.21. The molecule has 134 valence electrons. The largest absolute Gasteiger partial charge is 0.504 e. The minimum Gasteiger partial charge on any atom is -0.504 e. The highest BCUT2D eigenvalue weighted by Gasteiger charge is 2.41. The van der Waals surface area contributed by atoms with Gasteiger partial charge in [-0.15, -0.1) is 0 Å². The Hall–Kier alpha value is -2.40. The molecule has 1 fully saturated rings. The highest BCUT2D eigenvalue weighted by atomic mass is 16.5. The van der Waals surface area contributed by atoms with E-state index in [1.165, 1.54) is 7.11 Å². The Labute approximate surface area is 147 Å². The van der Waals surface area contributed by atoms with Crippen LogP contribution in [0.4, 0.5) is 0 Å². The Morgan fingerprint density at radius 1 is 0.840 bits per heavy atom. The van der Waals surface area contributed by atoms with Crippen molar-refractivity contribution in [3.63, 3.8) is 0 Å². The van der Waals surface area contributed by atoms with E-state index in [2.05, 4.69) is 13.8 Å². The average molecular weight is 344 g/mol. The zero-order valence-electron chi connectivity index (χ0n) is 14.9. The van der Waals surface area contributed by atoms with E-state index in [9.17, 15) is 10.2 Å². The fourth-order valence-corrected chi connectivity index (χ4v) is 3.79. The normalized spacial score (nSPS) is 25.8. The molecular formula is C20H24O5. The summed E-state index contributed by atoms with van der Waals surface area (Å²) in [6.45, 7) is 4.20. The molecule has 3 rings (SSSR count). The van der Waals surface area contributed by atoms with E-state index in [0.29, 0.717) is 11.5 Å². The van der Waals surface area contributed by atoms with Crippen LogP contribution < -0.4 is 9.47 Å². The second-order valence-corrected chi connectivity index (χ2v) is 6.51. The molecule has 25 heavy (non-hydrogen) atoms. The Morgan fingerprint density at radius 3 is 1.92 bits per heavy atom. The lowest BCUT2D eigenvalue weighted by molar-refractivity contribution is 0.0431. The van der Waals surface area contributed by atoms with Gasteiger partial charge < -0.3 is 24.4 Å². The molecule has 1 aliphatic heterocycles. The van der Waals surface area contributed by atoms with Crippen molar-refractivity contribution in [2.24, 2.45) is 5.92 Å². The summed E-state index contributed by atoms with van der Waals surface area (Å²) in [6, 6.07) is 10.8. The van der Waals surface area contributed by atoms with Gasteiger partial charge in [0.2, 0.25) is 0 Å². The van der Waals surface area contributed by atoms with Gasteiger partial charge in [-0.25, -0.2) is 0 Å². The third-order valence-corrected chi connectivity index (χ3v) is 5.03. The maximum absolute atomic E-state index is 9.83. The van der Waals surface area contributed by atoms with Crippen LogP contribution in [0.15, 0.2) is 36.4 Å².